The molecule has 1 aliphatic rings. The molecule has 0 bridgehead atoms. The minimum atomic E-state index is -0.0244. The summed E-state index contributed by atoms with van der Waals surface area (Å²) < 4.78 is 7.13. The van der Waals surface area contributed by atoms with Crippen molar-refractivity contribution in [2.45, 2.75) is 38.8 Å². The molecule has 1 fully saturated rings. The monoisotopic (exact) mass is 270 g/mol. The second-order valence-corrected chi connectivity index (χ2v) is 5.39. The lowest BCUT2D eigenvalue weighted by atomic mass is 10.1. The Kier molecular flexibility index (Phi) is 4.30. The number of halogens is 1. The van der Waals surface area contributed by atoms with Crippen LogP contribution in [-0.2, 0) is 4.74 Å². The molecule has 2 heterocycles. The standard InChI is InChI=1S/C13H19ClN2O2/c1-9(2)15-12-6-10(14)7-16(13(12)17)11-4-3-5-18-8-11/h6-7,9,11,15H,3-5,8H2,1-2H3/t11-/m1/s1. The van der Waals surface area contributed by atoms with Gasteiger partial charge in [0.15, 0.2) is 0 Å². The Morgan fingerprint density at radius 2 is 2.33 bits per heavy atom. The molecule has 1 saturated heterocycles. The Balaban J connectivity index is 2.34. The van der Waals surface area contributed by atoms with E-state index in [-0.39, 0.29) is 17.6 Å². The first-order chi connectivity index (χ1) is 8.58. The zero-order chi connectivity index (χ0) is 13.1. The summed E-state index contributed by atoms with van der Waals surface area (Å²) in [6, 6.07) is 1.98. The highest BCUT2D eigenvalue weighted by Gasteiger charge is 2.18. The highest BCUT2D eigenvalue weighted by atomic mass is 35.5. The summed E-state index contributed by atoms with van der Waals surface area (Å²) in [7, 11) is 0. The molecule has 0 aliphatic carbocycles. The van der Waals surface area contributed by atoms with E-state index in [0.717, 1.165) is 19.4 Å². The van der Waals surface area contributed by atoms with Gasteiger partial charge in [-0.1, -0.05) is 11.6 Å². The van der Waals surface area contributed by atoms with E-state index in [0.29, 0.717) is 17.3 Å². The van der Waals surface area contributed by atoms with E-state index in [9.17, 15) is 4.79 Å². The maximum absolute atomic E-state index is 12.3. The molecule has 1 aromatic rings. The molecule has 0 radical (unpaired) electrons. The summed E-state index contributed by atoms with van der Waals surface area (Å²) in [5.41, 5.74) is 0.534. The summed E-state index contributed by atoms with van der Waals surface area (Å²) >= 11 is 6.08. The Morgan fingerprint density at radius 1 is 1.56 bits per heavy atom. The third kappa shape index (κ3) is 3.06. The van der Waals surface area contributed by atoms with Gasteiger partial charge in [0.1, 0.15) is 5.69 Å². The van der Waals surface area contributed by atoms with Crippen LogP contribution >= 0.6 is 11.6 Å². The molecular weight excluding hydrogens is 252 g/mol. The third-order valence-corrected chi connectivity index (χ3v) is 3.19. The molecule has 4 nitrogen and oxygen atoms in total. The Bertz CT molecular complexity index is 465. The van der Waals surface area contributed by atoms with Crippen molar-refractivity contribution in [3.8, 4) is 0 Å². The largest absolute Gasteiger partial charge is 0.379 e. The van der Waals surface area contributed by atoms with Crippen LogP contribution in [0.1, 0.15) is 32.7 Å². The summed E-state index contributed by atoms with van der Waals surface area (Å²) in [6.45, 7) is 5.35. The molecule has 0 spiro atoms. The smallest absolute Gasteiger partial charge is 0.274 e. The van der Waals surface area contributed by atoms with Gasteiger partial charge < -0.3 is 14.6 Å². The van der Waals surface area contributed by atoms with Crippen LogP contribution in [0.15, 0.2) is 17.1 Å². The maximum Gasteiger partial charge on any atom is 0.274 e. The minimum absolute atomic E-state index is 0.0244. The fourth-order valence-corrected chi connectivity index (χ4v) is 2.41. The Morgan fingerprint density at radius 3 is 2.94 bits per heavy atom. The average molecular weight is 271 g/mol. The first-order valence-electron chi connectivity index (χ1n) is 6.34. The number of hydrogen-bond donors (Lipinski definition) is 1. The van der Waals surface area contributed by atoms with Crippen LogP contribution in [0, 0.1) is 0 Å². The van der Waals surface area contributed by atoms with Crippen LogP contribution in [-0.4, -0.2) is 23.8 Å². The topological polar surface area (TPSA) is 43.3 Å². The number of pyridine rings is 1. The summed E-state index contributed by atoms with van der Waals surface area (Å²) in [5, 5.41) is 3.71. The van der Waals surface area contributed by atoms with E-state index in [1.807, 2.05) is 13.8 Å². The van der Waals surface area contributed by atoms with Crippen molar-refractivity contribution in [1.29, 1.82) is 0 Å². The van der Waals surface area contributed by atoms with Gasteiger partial charge in [0, 0.05) is 18.8 Å². The molecule has 1 aliphatic heterocycles. The molecule has 1 N–H and O–H groups in total. The lowest BCUT2D eigenvalue weighted by Crippen LogP contribution is -2.32. The molecule has 1 atom stereocenters. The zero-order valence-electron chi connectivity index (χ0n) is 10.8. The molecule has 0 aromatic carbocycles. The fourth-order valence-electron chi connectivity index (χ4n) is 2.20. The van der Waals surface area contributed by atoms with Gasteiger partial charge in [-0.2, -0.15) is 0 Å². The SMILES string of the molecule is CC(C)Nc1cc(Cl)cn([C@@H]2CCCOC2)c1=O. The van der Waals surface area contributed by atoms with Gasteiger partial charge in [-0.3, -0.25) is 4.79 Å². The van der Waals surface area contributed by atoms with E-state index in [2.05, 4.69) is 5.32 Å². The molecular formula is C13H19ClN2O2. The molecule has 5 heteroatoms. The van der Waals surface area contributed by atoms with Gasteiger partial charge in [0.05, 0.1) is 17.7 Å². The number of nitrogens with one attached hydrogen (secondary N) is 1. The van der Waals surface area contributed by atoms with E-state index in [1.54, 1.807) is 16.8 Å². The van der Waals surface area contributed by atoms with Crippen molar-refractivity contribution in [2.24, 2.45) is 0 Å². The van der Waals surface area contributed by atoms with Gasteiger partial charge >= 0.3 is 0 Å². The molecule has 1 aromatic heterocycles. The number of anilines is 1. The first-order valence-corrected chi connectivity index (χ1v) is 6.71. The summed E-state index contributed by atoms with van der Waals surface area (Å²) in [5.74, 6) is 0. The van der Waals surface area contributed by atoms with Gasteiger partial charge in [-0.05, 0) is 32.8 Å². The average Bonchev–Trinajstić information content (AvgIpc) is 2.34. The van der Waals surface area contributed by atoms with E-state index in [4.69, 9.17) is 16.3 Å². The number of rotatable bonds is 3. The van der Waals surface area contributed by atoms with Crippen LogP contribution in [0.4, 0.5) is 5.69 Å². The van der Waals surface area contributed by atoms with Crippen molar-refractivity contribution in [2.75, 3.05) is 18.5 Å². The predicted octanol–water partition coefficient (Wildman–Crippen LogP) is 2.67. The van der Waals surface area contributed by atoms with E-state index < -0.39 is 0 Å². The third-order valence-electron chi connectivity index (χ3n) is 2.98. The van der Waals surface area contributed by atoms with E-state index >= 15 is 0 Å². The fraction of sp³-hybridized carbons (Fsp3) is 0.615. The number of aromatic nitrogens is 1. The normalized spacial score (nSPS) is 20.1. The van der Waals surface area contributed by atoms with Crippen LogP contribution in [0.2, 0.25) is 5.02 Å². The quantitative estimate of drug-likeness (QED) is 0.918. The minimum Gasteiger partial charge on any atom is -0.379 e. The van der Waals surface area contributed by atoms with Gasteiger partial charge in [-0.25, -0.2) is 0 Å². The molecule has 0 amide bonds. The van der Waals surface area contributed by atoms with Crippen molar-refractivity contribution in [3.05, 3.63) is 27.6 Å². The van der Waals surface area contributed by atoms with Gasteiger partial charge in [0.25, 0.3) is 5.56 Å². The van der Waals surface area contributed by atoms with Gasteiger partial charge in [0.2, 0.25) is 0 Å². The van der Waals surface area contributed by atoms with Crippen LogP contribution in [0.3, 0.4) is 0 Å². The highest BCUT2D eigenvalue weighted by Crippen LogP contribution is 2.21. The van der Waals surface area contributed by atoms with Gasteiger partial charge in [-0.15, -0.1) is 0 Å². The zero-order valence-corrected chi connectivity index (χ0v) is 11.5. The summed E-state index contributed by atoms with van der Waals surface area (Å²) in [6.07, 6.45) is 3.65. The Labute approximate surface area is 112 Å². The van der Waals surface area contributed by atoms with Crippen molar-refractivity contribution in [1.82, 2.24) is 4.57 Å². The van der Waals surface area contributed by atoms with Crippen LogP contribution < -0.4 is 10.9 Å². The number of hydrogen-bond acceptors (Lipinski definition) is 3. The lowest BCUT2D eigenvalue weighted by Gasteiger charge is -2.25. The summed E-state index contributed by atoms with van der Waals surface area (Å²) in [4.78, 5) is 12.3. The van der Waals surface area contributed by atoms with Crippen molar-refractivity contribution < 1.29 is 4.74 Å². The second kappa shape index (κ2) is 5.76. The maximum atomic E-state index is 12.3. The lowest BCUT2D eigenvalue weighted by molar-refractivity contribution is 0.0581. The van der Waals surface area contributed by atoms with Crippen molar-refractivity contribution in [3.63, 3.8) is 0 Å². The molecule has 100 valence electrons. The van der Waals surface area contributed by atoms with Crippen LogP contribution in [0.5, 0.6) is 0 Å². The first kappa shape index (κ1) is 13.4. The predicted molar refractivity (Wildman–Crippen MR) is 73.6 cm³/mol. The number of nitrogens with zero attached hydrogens (tertiary/aromatic N) is 1. The molecule has 2 rings (SSSR count). The van der Waals surface area contributed by atoms with Crippen LogP contribution in [0.25, 0.3) is 0 Å². The van der Waals surface area contributed by atoms with Crippen molar-refractivity contribution >= 4 is 17.3 Å². The molecule has 18 heavy (non-hydrogen) atoms. The highest BCUT2D eigenvalue weighted by molar-refractivity contribution is 6.30. The number of ether oxygens (including phenoxy) is 1. The molecule has 0 unspecified atom stereocenters. The second-order valence-electron chi connectivity index (χ2n) is 4.95. The molecule has 0 saturated carbocycles. The Hall–Kier alpha value is -1.00. The van der Waals surface area contributed by atoms with E-state index in [1.165, 1.54) is 0 Å².